The zero-order valence-corrected chi connectivity index (χ0v) is 17.7. The summed E-state index contributed by atoms with van der Waals surface area (Å²) in [6, 6.07) is 20.9. The molecule has 150 valence electrons. The van der Waals surface area contributed by atoms with Crippen molar-refractivity contribution in [2.24, 2.45) is 0 Å². The second kappa shape index (κ2) is 9.86. The van der Waals surface area contributed by atoms with Crippen LogP contribution < -0.4 is 10.1 Å². The van der Waals surface area contributed by atoms with E-state index in [1.807, 2.05) is 12.1 Å². The van der Waals surface area contributed by atoms with Crippen molar-refractivity contribution in [3.05, 3.63) is 99.3 Å². The monoisotopic (exact) mass is 464 g/mol. The Morgan fingerprint density at radius 2 is 1.87 bits per heavy atom. The summed E-state index contributed by atoms with van der Waals surface area (Å²) in [5.41, 5.74) is 2.47. The maximum atomic E-state index is 14.1. The molecule has 0 fully saturated rings. The van der Waals surface area contributed by atoms with Gasteiger partial charge < -0.3 is 10.1 Å². The normalized spacial score (nSPS) is 10.9. The van der Waals surface area contributed by atoms with Crippen molar-refractivity contribution in [3.8, 4) is 11.8 Å². The number of carbonyl (C=O) groups is 1. The fourth-order valence-corrected chi connectivity index (χ4v) is 3.54. The molecule has 0 bridgehead atoms. The third kappa shape index (κ3) is 5.13. The molecule has 0 radical (unpaired) electrons. The number of para-hydroxylation sites is 1. The minimum atomic E-state index is -0.505. The van der Waals surface area contributed by atoms with Gasteiger partial charge in [-0.25, -0.2) is 4.39 Å². The molecule has 6 heteroatoms. The molecule has 3 rings (SSSR count). The van der Waals surface area contributed by atoms with Crippen LogP contribution in [0.1, 0.15) is 16.7 Å². The molecule has 0 saturated heterocycles. The Bertz CT molecular complexity index is 1140. The highest BCUT2D eigenvalue weighted by Crippen LogP contribution is 2.32. The number of carbonyl (C=O) groups excluding carboxylic acids is 1. The molecule has 3 aromatic carbocycles. The van der Waals surface area contributed by atoms with Gasteiger partial charge in [-0.2, -0.15) is 5.26 Å². The third-order valence-electron chi connectivity index (χ3n) is 4.43. The number of nitrogens with zero attached hydrogens (tertiary/aromatic N) is 1. The molecule has 30 heavy (non-hydrogen) atoms. The van der Waals surface area contributed by atoms with Crippen LogP contribution in [0.5, 0.6) is 5.75 Å². The Morgan fingerprint density at radius 1 is 1.17 bits per heavy atom. The van der Waals surface area contributed by atoms with Gasteiger partial charge in [-0.15, -0.1) is 0 Å². The first-order chi connectivity index (χ1) is 14.5. The average molecular weight is 465 g/mol. The summed E-state index contributed by atoms with van der Waals surface area (Å²) in [5.74, 6) is -0.270. The molecule has 0 aliphatic rings. The lowest BCUT2D eigenvalue weighted by Crippen LogP contribution is -2.13. The summed E-state index contributed by atoms with van der Waals surface area (Å²) in [4.78, 5) is 12.4. The smallest absolute Gasteiger partial charge is 0.266 e. The molecule has 0 saturated carbocycles. The first-order valence-corrected chi connectivity index (χ1v) is 9.89. The largest absolute Gasteiger partial charge is 0.496 e. The number of nitriles is 1. The summed E-state index contributed by atoms with van der Waals surface area (Å²) in [6.07, 6.45) is 1.82. The number of amides is 1. The van der Waals surface area contributed by atoms with Crippen LogP contribution in [0.2, 0.25) is 0 Å². The zero-order valence-electron chi connectivity index (χ0n) is 16.2. The zero-order chi connectivity index (χ0) is 21.5. The van der Waals surface area contributed by atoms with Crippen molar-refractivity contribution in [2.45, 2.75) is 6.42 Å². The molecule has 0 heterocycles. The standard InChI is InChI=1S/C24H18BrFN2O2/c1-30-23-13-16(11-18(15-27)24(29)28-19-8-3-2-4-9-19)12-21(25)20(23)14-17-7-5-6-10-22(17)26/h2-13H,14H2,1H3,(H,28,29)/b18-11+. The van der Waals surface area contributed by atoms with Crippen molar-refractivity contribution in [3.63, 3.8) is 0 Å². The van der Waals surface area contributed by atoms with E-state index in [1.165, 1.54) is 19.3 Å². The maximum absolute atomic E-state index is 14.1. The second-order valence-corrected chi connectivity index (χ2v) is 7.30. The molecule has 3 aromatic rings. The lowest BCUT2D eigenvalue weighted by Gasteiger charge is -2.13. The van der Waals surface area contributed by atoms with Gasteiger partial charge in [0.1, 0.15) is 23.2 Å². The Balaban J connectivity index is 1.90. The highest BCUT2D eigenvalue weighted by Gasteiger charge is 2.14. The van der Waals surface area contributed by atoms with Gasteiger partial charge in [0, 0.05) is 22.1 Å². The Labute approximate surface area is 182 Å². The van der Waals surface area contributed by atoms with E-state index < -0.39 is 5.91 Å². The van der Waals surface area contributed by atoms with Gasteiger partial charge in [0.05, 0.1) is 7.11 Å². The van der Waals surface area contributed by atoms with Crippen LogP contribution in [-0.2, 0) is 11.2 Å². The number of halogens is 2. The van der Waals surface area contributed by atoms with Crippen molar-refractivity contribution in [2.75, 3.05) is 12.4 Å². The Morgan fingerprint density at radius 3 is 2.53 bits per heavy atom. The molecule has 0 aliphatic heterocycles. The second-order valence-electron chi connectivity index (χ2n) is 6.44. The first-order valence-electron chi connectivity index (χ1n) is 9.10. The topological polar surface area (TPSA) is 62.1 Å². The Hall–Kier alpha value is -3.43. The van der Waals surface area contributed by atoms with E-state index in [2.05, 4.69) is 21.2 Å². The van der Waals surface area contributed by atoms with Crippen molar-refractivity contribution < 1.29 is 13.9 Å². The number of methoxy groups -OCH3 is 1. The van der Waals surface area contributed by atoms with Gasteiger partial charge in [0.15, 0.2) is 0 Å². The molecule has 1 amide bonds. The van der Waals surface area contributed by atoms with E-state index in [9.17, 15) is 14.4 Å². The minimum absolute atomic E-state index is 0.0466. The van der Waals surface area contributed by atoms with Gasteiger partial charge in [-0.3, -0.25) is 4.79 Å². The fraction of sp³-hybridized carbons (Fsp3) is 0.0833. The van der Waals surface area contributed by atoms with E-state index in [0.29, 0.717) is 33.5 Å². The van der Waals surface area contributed by atoms with Gasteiger partial charge in [0.25, 0.3) is 5.91 Å². The summed E-state index contributed by atoms with van der Waals surface area (Å²) < 4.78 is 20.2. The van der Waals surface area contributed by atoms with Crippen molar-refractivity contribution in [1.29, 1.82) is 5.26 Å². The van der Waals surface area contributed by atoms with Gasteiger partial charge >= 0.3 is 0 Å². The minimum Gasteiger partial charge on any atom is -0.496 e. The van der Waals surface area contributed by atoms with Crippen LogP contribution in [0, 0.1) is 17.1 Å². The van der Waals surface area contributed by atoms with Crippen molar-refractivity contribution >= 4 is 33.6 Å². The molecule has 0 aromatic heterocycles. The molecule has 1 N–H and O–H groups in total. The maximum Gasteiger partial charge on any atom is 0.266 e. The average Bonchev–Trinajstić information content (AvgIpc) is 2.75. The fourth-order valence-electron chi connectivity index (χ4n) is 2.94. The molecular weight excluding hydrogens is 447 g/mol. The van der Waals surface area contributed by atoms with E-state index in [0.717, 1.165) is 5.56 Å². The third-order valence-corrected chi connectivity index (χ3v) is 5.14. The highest BCUT2D eigenvalue weighted by atomic mass is 79.9. The summed E-state index contributed by atoms with van der Waals surface area (Å²) in [7, 11) is 1.52. The number of ether oxygens (including phenoxy) is 1. The van der Waals surface area contributed by atoms with E-state index in [-0.39, 0.29) is 11.4 Å². The van der Waals surface area contributed by atoms with E-state index in [4.69, 9.17) is 4.74 Å². The van der Waals surface area contributed by atoms with Crippen LogP contribution in [0.4, 0.5) is 10.1 Å². The summed E-state index contributed by atoms with van der Waals surface area (Å²) in [6.45, 7) is 0. The van der Waals surface area contributed by atoms with Gasteiger partial charge in [-0.05, 0) is 47.5 Å². The number of benzene rings is 3. The van der Waals surface area contributed by atoms with E-state index >= 15 is 0 Å². The highest BCUT2D eigenvalue weighted by molar-refractivity contribution is 9.10. The number of hydrogen-bond donors (Lipinski definition) is 1. The number of hydrogen-bond acceptors (Lipinski definition) is 3. The quantitative estimate of drug-likeness (QED) is 0.374. The van der Waals surface area contributed by atoms with Gasteiger partial charge in [-0.1, -0.05) is 52.3 Å². The van der Waals surface area contributed by atoms with E-state index in [1.54, 1.807) is 54.6 Å². The molecule has 0 aliphatic carbocycles. The molecule has 4 nitrogen and oxygen atoms in total. The van der Waals surface area contributed by atoms with Gasteiger partial charge in [0.2, 0.25) is 0 Å². The molecular formula is C24H18BrFN2O2. The number of anilines is 1. The molecule has 0 atom stereocenters. The molecule has 0 spiro atoms. The molecule has 0 unspecified atom stereocenters. The van der Waals surface area contributed by atoms with Crippen LogP contribution in [-0.4, -0.2) is 13.0 Å². The summed E-state index contributed by atoms with van der Waals surface area (Å²) >= 11 is 3.51. The van der Waals surface area contributed by atoms with Crippen LogP contribution in [0.25, 0.3) is 6.08 Å². The number of nitrogens with one attached hydrogen (secondary N) is 1. The van der Waals surface area contributed by atoms with Crippen LogP contribution in [0.15, 0.2) is 76.8 Å². The summed E-state index contributed by atoms with van der Waals surface area (Å²) in [5, 5.41) is 12.1. The number of rotatable bonds is 6. The predicted octanol–water partition coefficient (Wildman–Crippen LogP) is 5.73. The van der Waals surface area contributed by atoms with Crippen LogP contribution in [0.3, 0.4) is 0 Å². The first kappa shape index (κ1) is 21.3. The lowest BCUT2D eigenvalue weighted by molar-refractivity contribution is -0.112. The Kier molecular flexibility index (Phi) is 6.99. The van der Waals surface area contributed by atoms with Crippen LogP contribution >= 0.6 is 15.9 Å². The SMILES string of the molecule is COc1cc(/C=C(\C#N)C(=O)Nc2ccccc2)cc(Br)c1Cc1ccccc1F. The predicted molar refractivity (Wildman–Crippen MR) is 119 cm³/mol. The lowest BCUT2D eigenvalue weighted by atomic mass is 10.0. The van der Waals surface area contributed by atoms with Crippen molar-refractivity contribution in [1.82, 2.24) is 0 Å².